The van der Waals surface area contributed by atoms with E-state index in [2.05, 4.69) is 18.7 Å². The van der Waals surface area contributed by atoms with E-state index in [1.807, 2.05) is 6.92 Å². The summed E-state index contributed by atoms with van der Waals surface area (Å²) in [7, 11) is 0. The van der Waals surface area contributed by atoms with E-state index < -0.39 is 5.54 Å². The second-order valence-corrected chi connectivity index (χ2v) is 6.64. The van der Waals surface area contributed by atoms with Crippen LogP contribution in [0, 0.1) is 11.8 Å². The summed E-state index contributed by atoms with van der Waals surface area (Å²) in [6, 6.07) is 0. The van der Waals surface area contributed by atoms with Crippen LogP contribution in [-0.4, -0.2) is 42.6 Å². The van der Waals surface area contributed by atoms with Crippen LogP contribution in [0.3, 0.4) is 0 Å². The molecule has 0 amide bonds. The maximum atomic E-state index is 11.7. The van der Waals surface area contributed by atoms with Gasteiger partial charge in [0.1, 0.15) is 5.54 Å². The number of carbonyl (C=O) groups excluding carboxylic acids is 1. The fourth-order valence-electron chi connectivity index (χ4n) is 2.78. The first-order valence-electron chi connectivity index (χ1n) is 8.05. The second-order valence-electron chi connectivity index (χ2n) is 6.64. The number of esters is 1. The van der Waals surface area contributed by atoms with Gasteiger partial charge >= 0.3 is 5.97 Å². The lowest BCUT2D eigenvalue weighted by molar-refractivity contribution is -0.149. The number of likely N-dealkylation sites (tertiary alicyclic amines) is 1. The minimum atomic E-state index is -0.834. The Hall–Kier alpha value is -0.610. The van der Waals surface area contributed by atoms with E-state index in [1.165, 1.54) is 19.5 Å². The fourth-order valence-corrected chi connectivity index (χ4v) is 2.78. The first-order chi connectivity index (χ1) is 9.36. The lowest BCUT2D eigenvalue weighted by Gasteiger charge is -2.35. The number of unbranched alkanes of at least 4 members (excludes halogenated alkanes) is 1. The minimum Gasteiger partial charge on any atom is -0.465 e. The van der Waals surface area contributed by atoms with Gasteiger partial charge in [-0.3, -0.25) is 4.79 Å². The van der Waals surface area contributed by atoms with Crippen molar-refractivity contribution in [1.82, 2.24) is 4.90 Å². The van der Waals surface area contributed by atoms with Gasteiger partial charge in [-0.2, -0.15) is 0 Å². The lowest BCUT2D eigenvalue weighted by atomic mass is 9.88. The number of ether oxygens (including phenoxy) is 1. The van der Waals surface area contributed by atoms with Gasteiger partial charge in [-0.1, -0.05) is 13.8 Å². The van der Waals surface area contributed by atoms with Gasteiger partial charge in [-0.05, 0) is 64.5 Å². The Morgan fingerprint density at radius 3 is 2.65 bits per heavy atom. The van der Waals surface area contributed by atoms with E-state index >= 15 is 0 Å². The van der Waals surface area contributed by atoms with Crippen LogP contribution in [0.1, 0.15) is 53.4 Å². The lowest BCUT2D eigenvalue weighted by Crippen LogP contribution is -2.46. The van der Waals surface area contributed by atoms with Gasteiger partial charge < -0.3 is 15.4 Å². The molecule has 1 saturated heterocycles. The Morgan fingerprint density at radius 1 is 1.35 bits per heavy atom. The summed E-state index contributed by atoms with van der Waals surface area (Å²) in [4.78, 5) is 14.2. The zero-order valence-corrected chi connectivity index (χ0v) is 13.7. The molecule has 1 fully saturated rings. The van der Waals surface area contributed by atoms with Crippen molar-refractivity contribution < 1.29 is 9.53 Å². The SMILES string of the molecule is CCOC(=O)C(C)(N)CCCCN1CCC(C)C(C)C1. The van der Waals surface area contributed by atoms with E-state index in [1.54, 1.807) is 6.92 Å². The molecule has 20 heavy (non-hydrogen) atoms. The van der Waals surface area contributed by atoms with Crippen molar-refractivity contribution in [1.29, 1.82) is 0 Å². The third-order valence-corrected chi connectivity index (χ3v) is 4.58. The van der Waals surface area contributed by atoms with Crippen molar-refractivity contribution in [2.75, 3.05) is 26.2 Å². The molecule has 1 rings (SSSR count). The zero-order chi connectivity index (χ0) is 15.2. The highest BCUT2D eigenvalue weighted by Crippen LogP contribution is 2.23. The molecule has 0 spiro atoms. The molecule has 3 unspecified atom stereocenters. The monoisotopic (exact) mass is 284 g/mol. The standard InChI is InChI=1S/C16H32N2O2/c1-5-20-15(19)16(4,17)9-6-7-10-18-11-8-13(2)14(3)12-18/h13-14H,5-12,17H2,1-4H3. The minimum absolute atomic E-state index is 0.277. The van der Waals surface area contributed by atoms with Gasteiger partial charge in [-0.15, -0.1) is 0 Å². The van der Waals surface area contributed by atoms with Crippen LogP contribution in [-0.2, 0) is 9.53 Å². The summed E-state index contributed by atoms with van der Waals surface area (Å²) in [6.07, 6.45) is 4.09. The smallest absolute Gasteiger partial charge is 0.325 e. The number of nitrogens with zero attached hydrogens (tertiary/aromatic N) is 1. The molecule has 0 saturated carbocycles. The zero-order valence-electron chi connectivity index (χ0n) is 13.7. The summed E-state index contributed by atoms with van der Waals surface area (Å²) in [5.74, 6) is 1.37. The summed E-state index contributed by atoms with van der Waals surface area (Å²) >= 11 is 0. The summed E-state index contributed by atoms with van der Waals surface area (Å²) < 4.78 is 5.01. The van der Waals surface area contributed by atoms with Gasteiger partial charge in [0.05, 0.1) is 6.61 Å². The van der Waals surface area contributed by atoms with Crippen LogP contribution in [0.25, 0.3) is 0 Å². The van der Waals surface area contributed by atoms with E-state index in [9.17, 15) is 4.79 Å². The van der Waals surface area contributed by atoms with Gasteiger partial charge in [0.15, 0.2) is 0 Å². The quantitative estimate of drug-likeness (QED) is 0.576. The molecule has 4 heteroatoms. The largest absolute Gasteiger partial charge is 0.465 e. The molecular weight excluding hydrogens is 252 g/mol. The van der Waals surface area contributed by atoms with Crippen molar-refractivity contribution in [3.05, 3.63) is 0 Å². The van der Waals surface area contributed by atoms with E-state index in [0.29, 0.717) is 13.0 Å². The van der Waals surface area contributed by atoms with Crippen LogP contribution in [0.2, 0.25) is 0 Å². The number of hydrogen-bond acceptors (Lipinski definition) is 4. The fraction of sp³-hybridized carbons (Fsp3) is 0.938. The average molecular weight is 284 g/mol. The van der Waals surface area contributed by atoms with E-state index in [-0.39, 0.29) is 5.97 Å². The van der Waals surface area contributed by atoms with Crippen LogP contribution >= 0.6 is 0 Å². The molecule has 0 aromatic heterocycles. The molecule has 0 aliphatic carbocycles. The molecule has 3 atom stereocenters. The number of hydrogen-bond donors (Lipinski definition) is 1. The molecule has 1 aliphatic rings. The van der Waals surface area contributed by atoms with Crippen LogP contribution in [0.4, 0.5) is 0 Å². The summed E-state index contributed by atoms with van der Waals surface area (Å²) in [6.45, 7) is 12.2. The van der Waals surface area contributed by atoms with Crippen molar-refractivity contribution in [2.45, 2.75) is 58.9 Å². The summed E-state index contributed by atoms with van der Waals surface area (Å²) in [5, 5.41) is 0. The number of nitrogens with two attached hydrogens (primary N) is 1. The highest BCUT2D eigenvalue weighted by molar-refractivity contribution is 5.79. The van der Waals surface area contributed by atoms with Crippen LogP contribution in [0.15, 0.2) is 0 Å². The Labute approximate surface area is 124 Å². The molecule has 2 N–H and O–H groups in total. The molecule has 1 aliphatic heterocycles. The Bertz CT molecular complexity index is 305. The third-order valence-electron chi connectivity index (χ3n) is 4.58. The maximum absolute atomic E-state index is 11.7. The predicted molar refractivity (Wildman–Crippen MR) is 82.5 cm³/mol. The van der Waals surface area contributed by atoms with Gasteiger partial charge in [0.2, 0.25) is 0 Å². The highest BCUT2D eigenvalue weighted by atomic mass is 16.5. The highest BCUT2D eigenvalue weighted by Gasteiger charge is 2.29. The first-order valence-corrected chi connectivity index (χ1v) is 8.05. The Kier molecular flexibility index (Phi) is 6.96. The van der Waals surface area contributed by atoms with Crippen molar-refractivity contribution in [3.8, 4) is 0 Å². The molecule has 0 radical (unpaired) electrons. The topological polar surface area (TPSA) is 55.6 Å². The van der Waals surface area contributed by atoms with Crippen LogP contribution < -0.4 is 5.73 Å². The molecule has 0 aromatic carbocycles. The third kappa shape index (κ3) is 5.41. The number of piperidine rings is 1. The average Bonchev–Trinajstić information content (AvgIpc) is 2.39. The molecule has 4 nitrogen and oxygen atoms in total. The summed E-state index contributed by atoms with van der Waals surface area (Å²) in [5.41, 5.74) is 5.18. The van der Waals surface area contributed by atoms with Crippen molar-refractivity contribution in [3.63, 3.8) is 0 Å². The molecule has 118 valence electrons. The predicted octanol–water partition coefficient (Wildman–Crippen LogP) is 2.42. The normalized spacial score (nSPS) is 27.1. The molecule has 0 bridgehead atoms. The molecule has 1 heterocycles. The Morgan fingerprint density at radius 2 is 2.05 bits per heavy atom. The first kappa shape index (κ1) is 17.4. The second kappa shape index (κ2) is 7.99. The van der Waals surface area contributed by atoms with E-state index in [4.69, 9.17) is 10.5 Å². The number of rotatable bonds is 7. The molecule has 0 aromatic rings. The van der Waals surface area contributed by atoms with Gasteiger partial charge in [0.25, 0.3) is 0 Å². The van der Waals surface area contributed by atoms with Gasteiger partial charge in [-0.25, -0.2) is 0 Å². The molecular formula is C16H32N2O2. The Balaban J connectivity index is 2.20. The number of carbonyl (C=O) groups is 1. The van der Waals surface area contributed by atoms with Crippen molar-refractivity contribution in [2.24, 2.45) is 17.6 Å². The van der Waals surface area contributed by atoms with E-state index in [0.717, 1.165) is 31.2 Å². The van der Waals surface area contributed by atoms with Gasteiger partial charge in [0, 0.05) is 6.54 Å². The maximum Gasteiger partial charge on any atom is 0.325 e. The van der Waals surface area contributed by atoms with Crippen molar-refractivity contribution >= 4 is 5.97 Å². The van der Waals surface area contributed by atoms with Crippen LogP contribution in [0.5, 0.6) is 0 Å².